The van der Waals surface area contributed by atoms with Crippen molar-refractivity contribution in [2.24, 2.45) is 4.99 Å². The van der Waals surface area contributed by atoms with Crippen LogP contribution < -0.4 is 5.32 Å². The highest BCUT2D eigenvalue weighted by Gasteiger charge is 2.21. The Hall–Kier alpha value is -2.82. The molecule has 0 bridgehead atoms. The first-order valence-electron chi connectivity index (χ1n) is 6.67. The van der Waals surface area contributed by atoms with Crippen LogP contribution in [0.3, 0.4) is 0 Å². The lowest BCUT2D eigenvalue weighted by Gasteiger charge is -2.00. The van der Waals surface area contributed by atoms with Gasteiger partial charge in [0.25, 0.3) is 5.91 Å². The quantitative estimate of drug-likeness (QED) is 0.850. The fourth-order valence-electron chi connectivity index (χ4n) is 2.17. The average Bonchev–Trinajstić information content (AvgIpc) is 2.83. The van der Waals surface area contributed by atoms with Crippen LogP contribution in [0.1, 0.15) is 16.7 Å². The summed E-state index contributed by atoms with van der Waals surface area (Å²) in [6.45, 7) is 1.95. The molecule has 2 aromatic rings. The number of aliphatic imine (C=N–C) groups is 1. The topological polar surface area (TPSA) is 41.5 Å². The molecule has 1 aliphatic rings. The standard InChI is InChI=1S/C17H12F2N2O/c1-10-3-2-4-11(7-10)8-15-17(22)21-16(20-15)12-5-6-13(18)14(19)9-12/h2-9H,1H3,(H,20,21,22)/b15-8+. The largest absolute Gasteiger partial charge is 0.305 e. The van der Waals surface area contributed by atoms with Crippen molar-refractivity contribution in [2.45, 2.75) is 6.92 Å². The Morgan fingerprint density at radius 1 is 1.09 bits per heavy atom. The zero-order valence-electron chi connectivity index (χ0n) is 11.7. The van der Waals surface area contributed by atoms with Gasteiger partial charge in [-0.15, -0.1) is 0 Å². The second-order valence-corrected chi connectivity index (χ2v) is 4.99. The third-order valence-corrected chi connectivity index (χ3v) is 3.24. The predicted octanol–water partition coefficient (Wildman–Crippen LogP) is 3.19. The van der Waals surface area contributed by atoms with Gasteiger partial charge in [0, 0.05) is 5.56 Å². The highest BCUT2D eigenvalue weighted by atomic mass is 19.2. The molecule has 1 aliphatic heterocycles. The Kier molecular flexibility index (Phi) is 3.55. The third-order valence-electron chi connectivity index (χ3n) is 3.24. The molecule has 0 spiro atoms. The minimum Gasteiger partial charge on any atom is -0.305 e. The zero-order valence-corrected chi connectivity index (χ0v) is 11.7. The second kappa shape index (κ2) is 5.52. The molecule has 110 valence electrons. The Bertz CT molecular complexity index is 825. The fourth-order valence-corrected chi connectivity index (χ4v) is 2.17. The van der Waals surface area contributed by atoms with E-state index in [1.807, 2.05) is 31.2 Å². The van der Waals surface area contributed by atoms with E-state index in [-0.39, 0.29) is 17.4 Å². The molecule has 22 heavy (non-hydrogen) atoms. The molecule has 1 amide bonds. The Labute approximate surface area is 126 Å². The summed E-state index contributed by atoms with van der Waals surface area (Å²) in [5.41, 5.74) is 2.46. The highest BCUT2D eigenvalue weighted by Crippen LogP contribution is 2.17. The van der Waals surface area contributed by atoms with Crippen molar-refractivity contribution in [1.29, 1.82) is 0 Å². The van der Waals surface area contributed by atoms with E-state index in [4.69, 9.17) is 0 Å². The smallest absolute Gasteiger partial charge is 0.275 e. The fraction of sp³-hybridized carbons (Fsp3) is 0.0588. The number of hydrogen-bond donors (Lipinski definition) is 1. The van der Waals surface area contributed by atoms with Crippen LogP contribution in [0.5, 0.6) is 0 Å². The van der Waals surface area contributed by atoms with E-state index in [0.29, 0.717) is 5.56 Å². The van der Waals surface area contributed by atoms with Crippen molar-refractivity contribution in [3.63, 3.8) is 0 Å². The van der Waals surface area contributed by atoms with E-state index >= 15 is 0 Å². The molecule has 0 aliphatic carbocycles. The van der Waals surface area contributed by atoms with Crippen LogP contribution >= 0.6 is 0 Å². The van der Waals surface area contributed by atoms with Crippen LogP contribution in [-0.2, 0) is 4.79 Å². The van der Waals surface area contributed by atoms with Crippen molar-refractivity contribution in [1.82, 2.24) is 5.32 Å². The summed E-state index contributed by atoms with van der Waals surface area (Å²) in [7, 11) is 0. The molecule has 3 nitrogen and oxygen atoms in total. The maximum absolute atomic E-state index is 13.3. The molecule has 0 atom stereocenters. The molecular weight excluding hydrogens is 286 g/mol. The van der Waals surface area contributed by atoms with Crippen molar-refractivity contribution < 1.29 is 13.6 Å². The predicted molar refractivity (Wildman–Crippen MR) is 80.2 cm³/mol. The number of benzene rings is 2. The summed E-state index contributed by atoms with van der Waals surface area (Å²) in [4.78, 5) is 16.1. The van der Waals surface area contributed by atoms with E-state index < -0.39 is 11.6 Å². The van der Waals surface area contributed by atoms with Gasteiger partial charge >= 0.3 is 0 Å². The lowest BCUT2D eigenvalue weighted by molar-refractivity contribution is -0.115. The average molecular weight is 298 g/mol. The van der Waals surface area contributed by atoms with Crippen molar-refractivity contribution in [3.05, 3.63) is 76.5 Å². The first-order valence-corrected chi connectivity index (χ1v) is 6.67. The summed E-state index contributed by atoms with van der Waals surface area (Å²) < 4.78 is 26.2. The first kappa shape index (κ1) is 14.1. The number of hydrogen-bond acceptors (Lipinski definition) is 2. The van der Waals surface area contributed by atoms with Gasteiger partial charge in [-0.05, 0) is 36.8 Å². The van der Waals surface area contributed by atoms with E-state index in [2.05, 4.69) is 10.3 Å². The van der Waals surface area contributed by atoms with Crippen molar-refractivity contribution in [3.8, 4) is 0 Å². The molecule has 0 unspecified atom stereocenters. The summed E-state index contributed by atoms with van der Waals surface area (Å²) in [6.07, 6.45) is 1.65. The molecule has 5 heteroatoms. The number of amidine groups is 1. The third kappa shape index (κ3) is 2.79. The molecular formula is C17H12F2N2O. The highest BCUT2D eigenvalue weighted by molar-refractivity contribution is 6.19. The van der Waals surface area contributed by atoms with Crippen LogP contribution in [-0.4, -0.2) is 11.7 Å². The normalized spacial score (nSPS) is 15.9. The number of carbonyl (C=O) groups excluding carboxylic acids is 1. The molecule has 0 fully saturated rings. The van der Waals surface area contributed by atoms with Crippen LogP contribution in [0.2, 0.25) is 0 Å². The van der Waals surface area contributed by atoms with Crippen LogP contribution in [0.25, 0.3) is 6.08 Å². The number of carbonyl (C=O) groups is 1. The zero-order chi connectivity index (χ0) is 15.7. The minimum atomic E-state index is -0.981. The minimum absolute atomic E-state index is 0.211. The molecule has 0 aromatic heterocycles. The van der Waals surface area contributed by atoms with Gasteiger partial charge in [-0.1, -0.05) is 29.8 Å². The maximum atomic E-state index is 13.3. The number of rotatable bonds is 2. The van der Waals surface area contributed by atoms with Gasteiger partial charge in [0.05, 0.1) is 0 Å². The molecule has 0 saturated carbocycles. The monoisotopic (exact) mass is 298 g/mol. The SMILES string of the molecule is Cc1cccc(/C=C2/N=C(c3ccc(F)c(F)c3)NC2=O)c1. The number of amides is 1. The first-order chi connectivity index (χ1) is 10.5. The lowest BCUT2D eigenvalue weighted by Crippen LogP contribution is -2.24. The van der Waals surface area contributed by atoms with E-state index in [0.717, 1.165) is 23.3 Å². The Morgan fingerprint density at radius 3 is 2.64 bits per heavy atom. The van der Waals surface area contributed by atoms with Crippen molar-refractivity contribution in [2.75, 3.05) is 0 Å². The van der Waals surface area contributed by atoms with Gasteiger partial charge in [-0.25, -0.2) is 13.8 Å². The summed E-state index contributed by atoms with van der Waals surface area (Å²) in [6, 6.07) is 11.0. The van der Waals surface area contributed by atoms with Crippen LogP contribution in [0, 0.1) is 18.6 Å². The molecule has 0 saturated heterocycles. The second-order valence-electron chi connectivity index (χ2n) is 4.99. The summed E-state index contributed by atoms with van der Waals surface area (Å²) in [5.74, 6) is -2.08. The molecule has 0 radical (unpaired) electrons. The van der Waals surface area contributed by atoms with Gasteiger partial charge in [0.1, 0.15) is 11.5 Å². The van der Waals surface area contributed by atoms with Gasteiger partial charge in [0.2, 0.25) is 0 Å². The van der Waals surface area contributed by atoms with E-state index in [9.17, 15) is 13.6 Å². The lowest BCUT2D eigenvalue weighted by atomic mass is 10.1. The van der Waals surface area contributed by atoms with Crippen LogP contribution in [0.15, 0.2) is 53.2 Å². The summed E-state index contributed by atoms with van der Waals surface area (Å²) in [5, 5.41) is 2.56. The van der Waals surface area contributed by atoms with E-state index in [1.54, 1.807) is 6.08 Å². The Morgan fingerprint density at radius 2 is 1.91 bits per heavy atom. The number of halogens is 2. The number of nitrogens with one attached hydrogen (secondary N) is 1. The van der Waals surface area contributed by atoms with Gasteiger partial charge in [-0.3, -0.25) is 4.79 Å². The van der Waals surface area contributed by atoms with Gasteiger partial charge in [-0.2, -0.15) is 0 Å². The summed E-state index contributed by atoms with van der Waals surface area (Å²) >= 11 is 0. The Balaban J connectivity index is 1.96. The van der Waals surface area contributed by atoms with Gasteiger partial charge in [0.15, 0.2) is 11.6 Å². The molecule has 1 heterocycles. The molecule has 3 rings (SSSR count). The van der Waals surface area contributed by atoms with Crippen LogP contribution in [0.4, 0.5) is 8.78 Å². The number of nitrogens with zero attached hydrogens (tertiary/aromatic N) is 1. The number of aryl methyl sites for hydroxylation is 1. The van der Waals surface area contributed by atoms with E-state index in [1.165, 1.54) is 6.07 Å². The molecule has 1 N–H and O–H groups in total. The maximum Gasteiger partial charge on any atom is 0.275 e. The van der Waals surface area contributed by atoms with Crippen molar-refractivity contribution >= 4 is 17.8 Å². The molecule has 2 aromatic carbocycles. The van der Waals surface area contributed by atoms with Gasteiger partial charge < -0.3 is 5.32 Å².